The predicted octanol–water partition coefficient (Wildman–Crippen LogP) is 3.33. The van der Waals surface area contributed by atoms with Crippen LogP contribution in [0.3, 0.4) is 0 Å². The molecule has 2 aromatic rings. The fraction of sp³-hybridized carbons (Fsp3) is 0.308. The van der Waals surface area contributed by atoms with Crippen molar-refractivity contribution in [2.75, 3.05) is 11.9 Å². The molecule has 0 fully saturated rings. The molecule has 1 aliphatic heterocycles. The summed E-state index contributed by atoms with van der Waals surface area (Å²) in [4.78, 5) is 4.57. The molecule has 2 heterocycles. The maximum atomic E-state index is 5.92. The van der Waals surface area contributed by atoms with Crippen LogP contribution < -0.4 is 5.32 Å². The van der Waals surface area contributed by atoms with Crippen LogP contribution in [0.5, 0.6) is 0 Å². The lowest BCUT2D eigenvalue weighted by Crippen LogP contribution is -2.17. The van der Waals surface area contributed by atoms with E-state index in [4.69, 9.17) is 11.6 Å². The average Bonchev–Trinajstić information content (AvgIpc) is 2.66. The number of rotatable bonds is 1. The van der Waals surface area contributed by atoms with Crippen LogP contribution in [-0.4, -0.2) is 16.1 Å². The van der Waals surface area contributed by atoms with E-state index in [1.807, 2.05) is 24.3 Å². The zero-order valence-electron chi connectivity index (χ0n) is 9.70. The number of hydrogen-bond acceptors (Lipinski definition) is 2. The summed E-state index contributed by atoms with van der Waals surface area (Å²) in [5.74, 6) is 0.985. The molecule has 1 aromatic carbocycles. The number of hydrogen-bond donors (Lipinski definition) is 1. The molecular weight excluding hydrogens is 234 g/mol. The van der Waals surface area contributed by atoms with E-state index in [1.165, 1.54) is 11.3 Å². The Bertz CT molecular complexity index is 543. The van der Waals surface area contributed by atoms with Crippen LogP contribution in [-0.2, 0) is 6.54 Å². The number of anilines is 1. The Morgan fingerprint density at radius 2 is 2.06 bits per heavy atom. The van der Waals surface area contributed by atoms with Crippen molar-refractivity contribution in [1.82, 2.24) is 9.55 Å². The third kappa shape index (κ3) is 1.80. The third-order valence-corrected chi connectivity index (χ3v) is 3.35. The highest BCUT2D eigenvalue weighted by atomic mass is 35.5. The van der Waals surface area contributed by atoms with Gasteiger partial charge in [-0.1, -0.05) is 23.7 Å². The van der Waals surface area contributed by atoms with Crippen molar-refractivity contribution in [3.05, 3.63) is 35.0 Å². The summed E-state index contributed by atoms with van der Waals surface area (Å²) in [7, 11) is 0. The minimum Gasteiger partial charge on any atom is -0.356 e. The lowest BCUT2D eigenvalue weighted by molar-refractivity contribution is 0.632. The van der Waals surface area contributed by atoms with Crippen LogP contribution in [0.4, 0.5) is 5.95 Å². The largest absolute Gasteiger partial charge is 0.356 e. The number of imidazole rings is 1. The first kappa shape index (κ1) is 10.7. The Morgan fingerprint density at radius 1 is 1.29 bits per heavy atom. The monoisotopic (exact) mass is 247 g/mol. The fourth-order valence-corrected chi connectivity index (χ4v) is 2.46. The van der Waals surface area contributed by atoms with E-state index in [0.29, 0.717) is 0 Å². The Kier molecular flexibility index (Phi) is 2.56. The number of nitrogens with one attached hydrogen (secondary N) is 1. The molecular formula is C13H14ClN3. The molecule has 17 heavy (non-hydrogen) atoms. The fourth-order valence-electron chi connectivity index (χ4n) is 2.34. The Morgan fingerprint density at radius 3 is 2.82 bits per heavy atom. The predicted molar refractivity (Wildman–Crippen MR) is 70.5 cm³/mol. The van der Waals surface area contributed by atoms with E-state index in [1.54, 1.807) is 0 Å². The van der Waals surface area contributed by atoms with Gasteiger partial charge in [0.25, 0.3) is 0 Å². The number of aryl methyl sites for hydroxylation is 1. The molecule has 1 aliphatic rings. The normalized spacial score (nSPS) is 14.2. The summed E-state index contributed by atoms with van der Waals surface area (Å²) in [6, 6.07) is 7.95. The standard InChI is InChI=1S/C13H14ClN3/c1-9-12(10-3-5-11(14)6-4-10)17-8-2-7-15-13(17)16-9/h3-6H,2,7-8H2,1H3,(H,15,16). The van der Waals surface area contributed by atoms with Gasteiger partial charge in [-0.2, -0.15) is 0 Å². The molecule has 3 nitrogen and oxygen atoms in total. The van der Waals surface area contributed by atoms with Gasteiger partial charge in [-0.15, -0.1) is 0 Å². The third-order valence-electron chi connectivity index (χ3n) is 3.10. The first-order valence-electron chi connectivity index (χ1n) is 5.82. The SMILES string of the molecule is Cc1nc2n(c1-c1ccc(Cl)cc1)CCCN2. The molecule has 0 amide bonds. The second-order valence-electron chi connectivity index (χ2n) is 4.31. The Balaban J connectivity index is 2.13. The topological polar surface area (TPSA) is 29.9 Å². The smallest absolute Gasteiger partial charge is 0.203 e. The number of fused-ring (bicyclic) bond motifs is 1. The zero-order valence-corrected chi connectivity index (χ0v) is 10.5. The molecule has 1 aromatic heterocycles. The minimum absolute atomic E-state index is 0.767. The van der Waals surface area contributed by atoms with Crippen molar-refractivity contribution in [3.8, 4) is 11.3 Å². The number of nitrogens with zero attached hydrogens (tertiary/aromatic N) is 2. The van der Waals surface area contributed by atoms with Gasteiger partial charge in [0.05, 0.1) is 11.4 Å². The second-order valence-corrected chi connectivity index (χ2v) is 4.74. The molecule has 0 bridgehead atoms. The summed E-state index contributed by atoms with van der Waals surface area (Å²) >= 11 is 5.92. The Labute approximate surface area is 105 Å². The molecule has 0 unspecified atom stereocenters. The molecule has 0 saturated carbocycles. The van der Waals surface area contributed by atoms with E-state index in [2.05, 4.69) is 21.8 Å². The number of aromatic nitrogens is 2. The highest BCUT2D eigenvalue weighted by molar-refractivity contribution is 6.30. The van der Waals surface area contributed by atoms with E-state index >= 15 is 0 Å². The first-order chi connectivity index (χ1) is 8.25. The minimum atomic E-state index is 0.767. The molecule has 0 radical (unpaired) electrons. The van der Waals surface area contributed by atoms with Gasteiger partial charge >= 0.3 is 0 Å². The summed E-state index contributed by atoms with van der Waals surface area (Å²) in [5.41, 5.74) is 3.44. The summed E-state index contributed by atoms with van der Waals surface area (Å²) in [5, 5.41) is 4.10. The van der Waals surface area contributed by atoms with Crippen LogP contribution in [0.15, 0.2) is 24.3 Å². The van der Waals surface area contributed by atoms with Gasteiger partial charge < -0.3 is 9.88 Å². The van der Waals surface area contributed by atoms with Crippen molar-refractivity contribution in [1.29, 1.82) is 0 Å². The number of halogens is 1. The van der Waals surface area contributed by atoms with Crippen molar-refractivity contribution >= 4 is 17.5 Å². The quantitative estimate of drug-likeness (QED) is 0.838. The first-order valence-corrected chi connectivity index (χ1v) is 6.20. The van der Waals surface area contributed by atoms with Crippen LogP contribution in [0.2, 0.25) is 5.02 Å². The van der Waals surface area contributed by atoms with Crippen molar-refractivity contribution in [2.24, 2.45) is 0 Å². The maximum absolute atomic E-state index is 5.92. The lowest BCUT2D eigenvalue weighted by atomic mass is 10.1. The highest BCUT2D eigenvalue weighted by Gasteiger charge is 2.17. The maximum Gasteiger partial charge on any atom is 0.203 e. The summed E-state index contributed by atoms with van der Waals surface area (Å²) < 4.78 is 2.25. The molecule has 0 atom stereocenters. The van der Waals surface area contributed by atoms with Crippen molar-refractivity contribution in [2.45, 2.75) is 19.9 Å². The van der Waals surface area contributed by atoms with Gasteiger partial charge in [-0.3, -0.25) is 0 Å². The second kappa shape index (κ2) is 4.08. The van der Waals surface area contributed by atoms with E-state index < -0.39 is 0 Å². The van der Waals surface area contributed by atoms with Crippen LogP contribution in [0, 0.1) is 6.92 Å². The number of benzene rings is 1. The average molecular weight is 248 g/mol. The molecule has 0 saturated heterocycles. The van der Waals surface area contributed by atoms with Crippen molar-refractivity contribution < 1.29 is 0 Å². The molecule has 88 valence electrons. The lowest BCUT2D eigenvalue weighted by Gasteiger charge is -2.18. The van der Waals surface area contributed by atoms with Crippen LogP contribution in [0.1, 0.15) is 12.1 Å². The van der Waals surface area contributed by atoms with Gasteiger partial charge in [-0.05, 0) is 25.5 Å². The van der Waals surface area contributed by atoms with E-state index in [-0.39, 0.29) is 0 Å². The van der Waals surface area contributed by atoms with E-state index in [9.17, 15) is 0 Å². The van der Waals surface area contributed by atoms with Gasteiger partial charge in [-0.25, -0.2) is 4.98 Å². The molecule has 3 rings (SSSR count). The molecule has 0 spiro atoms. The molecule has 4 heteroatoms. The Hall–Kier alpha value is -1.48. The van der Waals surface area contributed by atoms with Gasteiger partial charge in [0.1, 0.15) is 0 Å². The van der Waals surface area contributed by atoms with Crippen molar-refractivity contribution in [3.63, 3.8) is 0 Å². The summed E-state index contributed by atoms with van der Waals surface area (Å²) in [6.07, 6.45) is 1.14. The summed E-state index contributed by atoms with van der Waals surface area (Å²) in [6.45, 7) is 4.09. The van der Waals surface area contributed by atoms with Gasteiger partial charge in [0.15, 0.2) is 0 Å². The van der Waals surface area contributed by atoms with Crippen LogP contribution >= 0.6 is 11.6 Å². The highest BCUT2D eigenvalue weighted by Crippen LogP contribution is 2.29. The van der Waals surface area contributed by atoms with Gasteiger partial charge in [0.2, 0.25) is 5.95 Å². The van der Waals surface area contributed by atoms with E-state index in [0.717, 1.165) is 36.2 Å². The van der Waals surface area contributed by atoms with Crippen LogP contribution in [0.25, 0.3) is 11.3 Å². The zero-order chi connectivity index (χ0) is 11.8. The molecule has 1 N–H and O–H groups in total. The van der Waals surface area contributed by atoms with Gasteiger partial charge in [0, 0.05) is 23.7 Å². The molecule has 0 aliphatic carbocycles.